The Morgan fingerprint density at radius 2 is 1.95 bits per heavy atom. The Kier molecular flexibility index (Phi) is 4.11. The summed E-state index contributed by atoms with van der Waals surface area (Å²) in [4.78, 5) is 21.3. The van der Waals surface area contributed by atoms with E-state index in [1.807, 2.05) is 5.32 Å². The van der Waals surface area contributed by atoms with Gasteiger partial charge in [0.25, 0.3) is 0 Å². The van der Waals surface area contributed by atoms with Gasteiger partial charge in [0.2, 0.25) is 0 Å². The number of nitrogens with one attached hydrogen (secondary N) is 1. The van der Waals surface area contributed by atoms with E-state index in [-0.39, 0.29) is 17.7 Å². The molecule has 1 aromatic carbocycles. The number of nitriles is 1. The molecule has 1 rings (SSSR count). The minimum atomic E-state index is -4.60. The lowest BCUT2D eigenvalue weighted by atomic mass is 10.1. The maximum Gasteiger partial charge on any atom is 0.416 e. The van der Waals surface area contributed by atoms with Crippen LogP contribution in [0, 0.1) is 11.3 Å². The molecule has 0 spiro atoms. The second-order valence-corrected chi connectivity index (χ2v) is 3.58. The lowest BCUT2D eigenvalue weighted by Crippen LogP contribution is -2.35. The summed E-state index contributed by atoms with van der Waals surface area (Å²) in [5.74, 6) is -2.36. The molecule has 0 fully saturated rings. The summed E-state index contributed by atoms with van der Waals surface area (Å²) in [6, 6.07) is 4.24. The lowest BCUT2D eigenvalue weighted by Gasteiger charge is -2.10. The molecule has 5 nitrogen and oxygen atoms in total. The number of nitrogens with two attached hydrogens (primary N) is 1. The summed E-state index contributed by atoms with van der Waals surface area (Å²) >= 11 is 0. The van der Waals surface area contributed by atoms with Crippen LogP contribution in [0.25, 0.3) is 0 Å². The number of benzene rings is 1. The fourth-order valence-corrected chi connectivity index (χ4v) is 1.29. The largest absolute Gasteiger partial charge is 0.416 e. The molecule has 0 aromatic heterocycles. The van der Waals surface area contributed by atoms with Crippen LogP contribution in [0.4, 0.5) is 13.2 Å². The molecule has 19 heavy (non-hydrogen) atoms. The molecular weight excluding hydrogens is 263 g/mol. The molecule has 0 aliphatic heterocycles. The first-order valence-electron chi connectivity index (χ1n) is 4.93. The Morgan fingerprint density at radius 1 is 1.32 bits per heavy atom. The second kappa shape index (κ2) is 5.39. The van der Waals surface area contributed by atoms with Crippen molar-refractivity contribution in [2.75, 3.05) is 0 Å². The fraction of sp³-hybridized carbons (Fsp3) is 0.182. The molecule has 0 saturated heterocycles. The predicted molar refractivity (Wildman–Crippen MR) is 57.2 cm³/mol. The third-order valence-electron chi connectivity index (χ3n) is 2.13. The first-order chi connectivity index (χ1) is 8.74. The topological polar surface area (TPSA) is 96.0 Å². The molecule has 0 aliphatic carbocycles. The molecule has 0 aliphatic rings. The van der Waals surface area contributed by atoms with Gasteiger partial charge >= 0.3 is 18.0 Å². The highest BCUT2D eigenvalue weighted by molar-refractivity contribution is 6.34. The van der Waals surface area contributed by atoms with E-state index in [9.17, 15) is 22.8 Å². The Bertz CT molecular complexity index is 561. The standard InChI is InChI=1S/C11H8F3N3O2/c12-11(13,14)8-2-6(4-15)1-7(3-8)5-17-10(19)9(16)18/h1-3H,5H2,(H2,16,18)(H,17,19). The van der Waals surface area contributed by atoms with Crippen LogP contribution in [-0.4, -0.2) is 11.8 Å². The second-order valence-electron chi connectivity index (χ2n) is 3.58. The van der Waals surface area contributed by atoms with Crippen molar-refractivity contribution in [1.82, 2.24) is 5.32 Å². The van der Waals surface area contributed by atoms with Gasteiger partial charge in [-0.2, -0.15) is 18.4 Å². The molecule has 0 unspecified atom stereocenters. The van der Waals surface area contributed by atoms with Crippen LogP contribution in [0.3, 0.4) is 0 Å². The van der Waals surface area contributed by atoms with Gasteiger partial charge in [0.05, 0.1) is 17.2 Å². The van der Waals surface area contributed by atoms with Gasteiger partial charge in [0.1, 0.15) is 0 Å². The molecule has 2 amide bonds. The number of hydrogen-bond donors (Lipinski definition) is 2. The van der Waals surface area contributed by atoms with Gasteiger partial charge in [-0.15, -0.1) is 0 Å². The van der Waals surface area contributed by atoms with Gasteiger partial charge in [0.15, 0.2) is 0 Å². The van der Waals surface area contributed by atoms with E-state index in [4.69, 9.17) is 5.26 Å². The molecule has 0 radical (unpaired) electrons. The summed E-state index contributed by atoms with van der Waals surface area (Å²) in [5, 5.41) is 10.7. The number of nitrogens with zero attached hydrogens (tertiary/aromatic N) is 1. The zero-order valence-electron chi connectivity index (χ0n) is 9.41. The van der Waals surface area contributed by atoms with Crippen molar-refractivity contribution in [2.45, 2.75) is 12.7 Å². The maximum atomic E-state index is 12.5. The summed E-state index contributed by atoms with van der Waals surface area (Å²) < 4.78 is 37.6. The van der Waals surface area contributed by atoms with Gasteiger partial charge in [-0.3, -0.25) is 9.59 Å². The highest BCUT2D eigenvalue weighted by Crippen LogP contribution is 2.30. The van der Waals surface area contributed by atoms with Crippen LogP contribution in [-0.2, 0) is 22.3 Å². The fourth-order valence-electron chi connectivity index (χ4n) is 1.29. The van der Waals surface area contributed by atoms with E-state index >= 15 is 0 Å². The molecular formula is C11H8F3N3O2. The average Bonchev–Trinajstić information content (AvgIpc) is 2.34. The van der Waals surface area contributed by atoms with Crippen molar-refractivity contribution in [2.24, 2.45) is 5.73 Å². The molecule has 3 N–H and O–H groups in total. The first-order valence-corrected chi connectivity index (χ1v) is 4.93. The Labute approximate surface area is 105 Å². The van der Waals surface area contributed by atoms with Gasteiger partial charge in [-0.05, 0) is 23.8 Å². The molecule has 0 saturated carbocycles. The van der Waals surface area contributed by atoms with E-state index < -0.39 is 23.6 Å². The summed E-state index contributed by atoms with van der Waals surface area (Å²) in [6.07, 6.45) is -4.60. The molecule has 1 aromatic rings. The number of rotatable bonds is 2. The zero-order chi connectivity index (χ0) is 14.6. The molecule has 0 bridgehead atoms. The quantitative estimate of drug-likeness (QED) is 0.774. The highest BCUT2D eigenvalue weighted by Gasteiger charge is 2.31. The van der Waals surface area contributed by atoms with E-state index in [2.05, 4.69) is 5.73 Å². The van der Waals surface area contributed by atoms with Crippen LogP contribution in [0.5, 0.6) is 0 Å². The summed E-state index contributed by atoms with van der Waals surface area (Å²) in [5.41, 5.74) is 3.51. The van der Waals surface area contributed by atoms with E-state index in [1.165, 1.54) is 6.07 Å². The van der Waals surface area contributed by atoms with E-state index in [0.717, 1.165) is 6.07 Å². The maximum absolute atomic E-state index is 12.5. The minimum Gasteiger partial charge on any atom is -0.361 e. The van der Waals surface area contributed by atoms with Crippen molar-refractivity contribution < 1.29 is 22.8 Å². The molecule has 100 valence electrons. The van der Waals surface area contributed by atoms with Crippen LogP contribution < -0.4 is 11.1 Å². The van der Waals surface area contributed by atoms with Crippen molar-refractivity contribution in [3.63, 3.8) is 0 Å². The van der Waals surface area contributed by atoms with Gasteiger partial charge in [0, 0.05) is 6.54 Å². The Balaban J connectivity index is 2.99. The number of carbonyl (C=O) groups is 2. The Hall–Kier alpha value is -2.56. The van der Waals surface area contributed by atoms with Crippen LogP contribution in [0.1, 0.15) is 16.7 Å². The number of alkyl halides is 3. The number of carbonyl (C=O) groups excluding carboxylic acids is 2. The van der Waals surface area contributed by atoms with Crippen LogP contribution in [0.15, 0.2) is 18.2 Å². The number of halogens is 3. The minimum absolute atomic E-state index is 0.0426. The van der Waals surface area contributed by atoms with Crippen molar-refractivity contribution >= 4 is 11.8 Å². The third-order valence-corrected chi connectivity index (χ3v) is 2.13. The van der Waals surface area contributed by atoms with Crippen LogP contribution in [0.2, 0.25) is 0 Å². The number of hydrogen-bond acceptors (Lipinski definition) is 3. The predicted octanol–water partition coefficient (Wildman–Crippen LogP) is 0.679. The van der Waals surface area contributed by atoms with Crippen molar-refractivity contribution in [3.05, 3.63) is 34.9 Å². The van der Waals surface area contributed by atoms with E-state index in [0.29, 0.717) is 6.07 Å². The van der Waals surface area contributed by atoms with Crippen LogP contribution >= 0.6 is 0 Å². The Morgan fingerprint density at radius 3 is 2.42 bits per heavy atom. The van der Waals surface area contributed by atoms with Gasteiger partial charge < -0.3 is 11.1 Å². The first kappa shape index (κ1) is 14.5. The summed E-state index contributed by atoms with van der Waals surface area (Å²) in [7, 11) is 0. The molecule has 0 atom stereocenters. The number of amides is 2. The van der Waals surface area contributed by atoms with Gasteiger partial charge in [-0.1, -0.05) is 0 Å². The van der Waals surface area contributed by atoms with Crippen molar-refractivity contribution in [3.8, 4) is 6.07 Å². The molecule has 0 heterocycles. The zero-order valence-corrected chi connectivity index (χ0v) is 9.41. The van der Waals surface area contributed by atoms with E-state index in [1.54, 1.807) is 6.07 Å². The highest BCUT2D eigenvalue weighted by atomic mass is 19.4. The third kappa shape index (κ3) is 3.99. The monoisotopic (exact) mass is 271 g/mol. The summed E-state index contributed by atoms with van der Waals surface area (Å²) in [6.45, 7) is -0.333. The van der Waals surface area contributed by atoms with Crippen molar-refractivity contribution in [1.29, 1.82) is 5.26 Å². The average molecular weight is 271 g/mol. The number of primary amides is 1. The van der Waals surface area contributed by atoms with Gasteiger partial charge in [-0.25, -0.2) is 0 Å². The smallest absolute Gasteiger partial charge is 0.361 e. The lowest BCUT2D eigenvalue weighted by molar-refractivity contribution is -0.137. The molecule has 8 heteroatoms. The SMILES string of the molecule is N#Cc1cc(CNC(=O)C(N)=O)cc(C(F)(F)F)c1. The normalized spacial score (nSPS) is 10.6.